The van der Waals surface area contributed by atoms with Crippen molar-refractivity contribution in [3.8, 4) is 5.75 Å². The first kappa shape index (κ1) is 16.7. The van der Waals surface area contributed by atoms with Gasteiger partial charge in [-0.1, -0.05) is 0 Å². The number of furan rings is 1. The zero-order valence-electron chi connectivity index (χ0n) is 13.2. The molecule has 0 unspecified atom stereocenters. The lowest BCUT2D eigenvalue weighted by Gasteiger charge is -2.33. The van der Waals surface area contributed by atoms with Gasteiger partial charge in [0.05, 0.1) is 25.7 Å². The summed E-state index contributed by atoms with van der Waals surface area (Å²) in [5.74, 6) is -1.10. The number of benzene rings is 1. The van der Waals surface area contributed by atoms with E-state index >= 15 is 0 Å². The SMILES string of the molecule is COc1ccc2c(CC(=O)N3CCC[C@@H](C(F)(F)F)C3)coc2c1. The molecule has 4 nitrogen and oxygen atoms in total. The van der Waals surface area contributed by atoms with Crippen molar-refractivity contribution in [2.24, 2.45) is 5.92 Å². The number of alkyl halides is 3. The Labute approximate surface area is 137 Å². The van der Waals surface area contributed by atoms with Gasteiger partial charge < -0.3 is 14.1 Å². The van der Waals surface area contributed by atoms with Crippen LogP contribution in [0.5, 0.6) is 5.75 Å². The number of hydrogen-bond donors (Lipinski definition) is 0. The molecule has 1 aliphatic rings. The van der Waals surface area contributed by atoms with Crippen molar-refractivity contribution in [2.45, 2.75) is 25.4 Å². The summed E-state index contributed by atoms with van der Waals surface area (Å²) >= 11 is 0. The van der Waals surface area contributed by atoms with Crippen molar-refractivity contribution in [3.05, 3.63) is 30.0 Å². The monoisotopic (exact) mass is 341 g/mol. The van der Waals surface area contributed by atoms with Crippen LogP contribution in [0.2, 0.25) is 0 Å². The largest absolute Gasteiger partial charge is 0.497 e. The number of carbonyl (C=O) groups is 1. The molecule has 0 saturated carbocycles. The number of likely N-dealkylation sites (tertiary alicyclic amines) is 1. The van der Waals surface area contributed by atoms with E-state index in [0.29, 0.717) is 29.9 Å². The predicted octanol–water partition coefficient (Wildman–Crippen LogP) is 3.78. The molecule has 2 heterocycles. The first-order valence-corrected chi connectivity index (χ1v) is 7.77. The molecule has 0 bridgehead atoms. The van der Waals surface area contributed by atoms with Crippen molar-refractivity contribution in [2.75, 3.05) is 20.2 Å². The number of amides is 1. The second-order valence-corrected chi connectivity index (χ2v) is 6.02. The minimum atomic E-state index is -4.25. The summed E-state index contributed by atoms with van der Waals surface area (Å²) in [5.41, 5.74) is 1.26. The maximum absolute atomic E-state index is 12.9. The molecule has 1 amide bonds. The number of fused-ring (bicyclic) bond motifs is 1. The average Bonchev–Trinajstić information content (AvgIpc) is 2.96. The van der Waals surface area contributed by atoms with Gasteiger partial charge in [0.25, 0.3) is 0 Å². The Morgan fingerprint density at radius 3 is 2.92 bits per heavy atom. The lowest BCUT2D eigenvalue weighted by atomic mass is 9.97. The molecule has 1 fully saturated rings. The number of piperidine rings is 1. The van der Waals surface area contributed by atoms with Crippen LogP contribution in [0.25, 0.3) is 11.0 Å². The standard InChI is InChI=1S/C17H18F3NO3/c1-23-13-4-5-14-11(10-24-15(14)8-13)7-16(22)21-6-2-3-12(9-21)17(18,19)20/h4-5,8,10,12H,2-3,6-7,9H2,1H3/t12-/m1/s1. The molecule has 2 aromatic rings. The number of nitrogens with zero attached hydrogens (tertiary/aromatic N) is 1. The molecular weight excluding hydrogens is 323 g/mol. The van der Waals surface area contributed by atoms with Gasteiger partial charge in [-0.3, -0.25) is 4.79 Å². The molecule has 130 valence electrons. The van der Waals surface area contributed by atoms with E-state index in [9.17, 15) is 18.0 Å². The number of rotatable bonds is 3. The molecule has 1 atom stereocenters. The van der Waals surface area contributed by atoms with Gasteiger partial charge in [-0.2, -0.15) is 13.2 Å². The number of carbonyl (C=O) groups excluding carboxylic acids is 1. The summed E-state index contributed by atoms with van der Waals surface area (Å²) in [6, 6.07) is 5.26. The van der Waals surface area contributed by atoms with Crippen LogP contribution in [0.4, 0.5) is 13.2 Å². The molecule has 1 aromatic heterocycles. The fourth-order valence-electron chi connectivity index (χ4n) is 3.07. The van der Waals surface area contributed by atoms with Crippen LogP contribution in [-0.2, 0) is 11.2 Å². The van der Waals surface area contributed by atoms with Crippen molar-refractivity contribution in [1.82, 2.24) is 4.90 Å². The van der Waals surface area contributed by atoms with Gasteiger partial charge in [0.2, 0.25) is 5.91 Å². The van der Waals surface area contributed by atoms with Crippen LogP contribution in [0.3, 0.4) is 0 Å². The van der Waals surface area contributed by atoms with E-state index in [1.54, 1.807) is 25.3 Å². The third kappa shape index (κ3) is 3.34. The van der Waals surface area contributed by atoms with Gasteiger partial charge in [-0.05, 0) is 25.0 Å². The van der Waals surface area contributed by atoms with Gasteiger partial charge >= 0.3 is 6.18 Å². The summed E-state index contributed by atoms with van der Waals surface area (Å²) in [6.07, 6.45) is -2.28. The second kappa shape index (κ2) is 6.37. The zero-order chi connectivity index (χ0) is 17.3. The molecule has 1 aromatic carbocycles. The van der Waals surface area contributed by atoms with E-state index in [2.05, 4.69) is 0 Å². The van der Waals surface area contributed by atoms with E-state index in [4.69, 9.17) is 9.15 Å². The Kier molecular flexibility index (Phi) is 4.43. The molecule has 1 saturated heterocycles. The third-order valence-corrected chi connectivity index (χ3v) is 4.44. The highest BCUT2D eigenvalue weighted by atomic mass is 19.4. The minimum absolute atomic E-state index is 0.0317. The summed E-state index contributed by atoms with van der Waals surface area (Å²) in [6.45, 7) is 0.112. The van der Waals surface area contributed by atoms with Crippen molar-refractivity contribution < 1.29 is 27.1 Å². The highest BCUT2D eigenvalue weighted by molar-refractivity contribution is 5.88. The highest BCUT2D eigenvalue weighted by Crippen LogP contribution is 2.33. The number of methoxy groups -OCH3 is 1. The number of ether oxygens (including phenoxy) is 1. The molecule has 24 heavy (non-hydrogen) atoms. The Morgan fingerprint density at radius 1 is 1.42 bits per heavy atom. The molecule has 0 radical (unpaired) electrons. The molecule has 0 N–H and O–H groups in total. The first-order valence-electron chi connectivity index (χ1n) is 7.77. The molecule has 1 aliphatic heterocycles. The maximum atomic E-state index is 12.9. The van der Waals surface area contributed by atoms with E-state index in [1.807, 2.05) is 0 Å². The summed E-state index contributed by atoms with van der Waals surface area (Å²) < 4.78 is 49.1. The fraction of sp³-hybridized carbons (Fsp3) is 0.471. The van der Waals surface area contributed by atoms with Crippen molar-refractivity contribution >= 4 is 16.9 Å². The molecule has 7 heteroatoms. The maximum Gasteiger partial charge on any atom is 0.393 e. The fourth-order valence-corrected chi connectivity index (χ4v) is 3.07. The van der Waals surface area contributed by atoms with Crippen LogP contribution < -0.4 is 4.74 Å². The van der Waals surface area contributed by atoms with Crippen LogP contribution in [0, 0.1) is 5.92 Å². The van der Waals surface area contributed by atoms with E-state index < -0.39 is 12.1 Å². The zero-order valence-corrected chi connectivity index (χ0v) is 13.2. The third-order valence-electron chi connectivity index (χ3n) is 4.44. The van der Waals surface area contributed by atoms with Gasteiger partial charge in [0, 0.05) is 30.1 Å². The minimum Gasteiger partial charge on any atom is -0.497 e. The normalized spacial score (nSPS) is 18.8. The topological polar surface area (TPSA) is 42.7 Å². The summed E-state index contributed by atoms with van der Waals surface area (Å²) in [7, 11) is 1.54. The van der Waals surface area contributed by atoms with Crippen LogP contribution >= 0.6 is 0 Å². The predicted molar refractivity (Wildman–Crippen MR) is 81.8 cm³/mol. The smallest absolute Gasteiger partial charge is 0.393 e. The Hall–Kier alpha value is -2.18. The van der Waals surface area contributed by atoms with E-state index in [-0.39, 0.29) is 25.3 Å². The van der Waals surface area contributed by atoms with E-state index in [1.165, 1.54) is 11.2 Å². The van der Waals surface area contributed by atoms with Gasteiger partial charge in [0.15, 0.2) is 0 Å². The lowest BCUT2D eigenvalue weighted by Crippen LogP contribution is -2.45. The summed E-state index contributed by atoms with van der Waals surface area (Å²) in [5, 5.41) is 0.772. The molecule has 0 aliphatic carbocycles. The van der Waals surface area contributed by atoms with Crippen LogP contribution in [-0.4, -0.2) is 37.2 Å². The number of hydrogen-bond acceptors (Lipinski definition) is 3. The molecule has 3 rings (SSSR count). The first-order chi connectivity index (χ1) is 11.4. The van der Waals surface area contributed by atoms with Crippen molar-refractivity contribution in [3.63, 3.8) is 0 Å². The van der Waals surface area contributed by atoms with Gasteiger partial charge in [-0.15, -0.1) is 0 Å². The highest BCUT2D eigenvalue weighted by Gasteiger charge is 2.42. The Bertz CT molecular complexity index is 738. The summed E-state index contributed by atoms with van der Waals surface area (Å²) in [4.78, 5) is 13.7. The van der Waals surface area contributed by atoms with Crippen LogP contribution in [0.15, 0.2) is 28.9 Å². The van der Waals surface area contributed by atoms with Crippen LogP contribution in [0.1, 0.15) is 18.4 Å². The van der Waals surface area contributed by atoms with Crippen molar-refractivity contribution in [1.29, 1.82) is 0 Å². The lowest BCUT2D eigenvalue weighted by molar-refractivity contribution is -0.187. The van der Waals surface area contributed by atoms with Gasteiger partial charge in [-0.25, -0.2) is 0 Å². The quantitative estimate of drug-likeness (QED) is 0.853. The van der Waals surface area contributed by atoms with Gasteiger partial charge in [0.1, 0.15) is 11.3 Å². The Balaban J connectivity index is 1.73. The molecular formula is C17H18F3NO3. The Morgan fingerprint density at radius 2 is 2.21 bits per heavy atom. The van der Waals surface area contributed by atoms with E-state index in [0.717, 1.165) is 5.39 Å². The second-order valence-electron chi connectivity index (χ2n) is 6.02. The number of halogens is 3. The average molecular weight is 341 g/mol. The molecule has 0 spiro atoms.